The summed E-state index contributed by atoms with van der Waals surface area (Å²) in [5, 5.41) is 3.48. The molecular formula is C16H30IN3O. The summed E-state index contributed by atoms with van der Waals surface area (Å²) in [6.45, 7) is 12.9. The number of halogens is 1. The first-order valence-corrected chi connectivity index (χ1v) is 8.16. The third-order valence-corrected chi connectivity index (χ3v) is 5.44. The van der Waals surface area contributed by atoms with Gasteiger partial charge in [-0.05, 0) is 37.5 Å². The summed E-state index contributed by atoms with van der Waals surface area (Å²) >= 11 is 0. The molecule has 0 aromatic carbocycles. The summed E-state index contributed by atoms with van der Waals surface area (Å²) < 4.78 is 5.62. The Morgan fingerprint density at radius 3 is 2.71 bits per heavy atom. The van der Waals surface area contributed by atoms with E-state index in [1.54, 1.807) is 0 Å². The van der Waals surface area contributed by atoms with Crippen LogP contribution in [0.2, 0.25) is 0 Å². The molecule has 0 radical (unpaired) electrons. The van der Waals surface area contributed by atoms with Gasteiger partial charge in [-0.25, -0.2) is 0 Å². The molecule has 1 N–H and O–H groups in total. The van der Waals surface area contributed by atoms with Crippen LogP contribution in [0.4, 0.5) is 0 Å². The largest absolute Gasteiger partial charge is 0.381 e. The van der Waals surface area contributed by atoms with Crippen molar-refractivity contribution in [1.82, 2.24) is 10.2 Å². The molecule has 122 valence electrons. The molecule has 3 fully saturated rings. The summed E-state index contributed by atoms with van der Waals surface area (Å²) in [6, 6.07) is 0. The Bertz CT molecular complexity index is 391. The van der Waals surface area contributed by atoms with E-state index < -0.39 is 0 Å². The van der Waals surface area contributed by atoms with Crippen molar-refractivity contribution >= 4 is 29.9 Å². The smallest absolute Gasteiger partial charge is 0.193 e. The van der Waals surface area contributed by atoms with Crippen LogP contribution < -0.4 is 5.32 Å². The van der Waals surface area contributed by atoms with Gasteiger partial charge in [-0.1, -0.05) is 13.8 Å². The summed E-state index contributed by atoms with van der Waals surface area (Å²) in [6.07, 6.45) is 3.80. The standard InChI is InChI=1S/C16H29N3O.HI/c1-4-17-14(18-10-13-9-15(13,2)3)19-7-5-16(11-19)6-8-20-12-16;/h13H,4-12H2,1-3H3,(H,17,18);1H. The quantitative estimate of drug-likeness (QED) is 0.444. The molecule has 3 rings (SSSR count). The molecule has 3 aliphatic rings. The van der Waals surface area contributed by atoms with Gasteiger partial charge in [-0.2, -0.15) is 0 Å². The number of guanidine groups is 1. The Kier molecular flexibility index (Phi) is 5.45. The molecule has 0 amide bonds. The fourth-order valence-electron chi connectivity index (χ4n) is 3.60. The molecule has 0 aromatic rings. The summed E-state index contributed by atoms with van der Waals surface area (Å²) in [5.74, 6) is 1.90. The highest BCUT2D eigenvalue weighted by Crippen LogP contribution is 2.51. The first-order chi connectivity index (χ1) is 9.55. The Morgan fingerprint density at radius 1 is 1.38 bits per heavy atom. The average Bonchev–Trinajstić information content (AvgIpc) is 2.84. The lowest BCUT2D eigenvalue weighted by Gasteiger charge is -2.25. The number of ether oxygens (including phenoxy) is 1. The molecule has 1 spiro atoms. The normalized spacial score (nSPS) is 34.1. The molecule has 2 heterocycles. The lowest BCUT2D eigenvalue weighted by molar-refractivity contribution is 0.156. The van der Waals surface area contributed by atoms with Gasteiger partial charge in [0.1, 0.15) is 0 Å². The molecule has 5 heteroatoms. The maximum atomic E-state index is 5.62. The van der Waals surface area contributed by atoms with Crippen molar-refractivity contribution in [2.24, 2.45) is 21.7 Å². The van der Waals surface area contributed by atoms with E-state index in [4.69, 9.17) is 9.73 Å². The first kappa shape index (κ1) is 17.3. The number of hydrogen-bond donors (Lipinski definition) is 1. The number of nitrogens with zero attached hydrogens (tertiary/aromatic N) is 2. The number of nitrogens with one attached hydrogen (secondary N) is 1. The van der Waals surface area contributed by atoms with Crippen molar-refractivity contribution in [3.63, 3.8) is 0 Å². The maximum Gasteiger partial charge on any atom is 0.193 e. The number of likely N-dealkylation sites (tertiary alicyclic amines) is 1. The lowest BCUT2D eigenvalue weighted by Crippen LogP contribution is -2.41. The monoisotopic (exact) mass is 407 g/mol. The van der Waals surface area contributed by atoms with E-state index in [0.29, 0.717) is 10.8 Å². The Balaban J connectivity index is 0.00000161. The zero-order valence-corrected chi connectivity index (χ0v) is 16.0. The van der Waals surface area contributed by atoms with Gasteiger partial charge in [0.2, 0.25) is 0 Å². The lowest BCUT2D eigenvalue weighted by atomic mass is 9.87. The zero-order chi connectivity index (χ0) is 14.2. The zero-order valence-electron chi connectivity index (χ0n) is 13.7. The van der Waals surface area contributed by atoms with E-state index in [1.807, 2.05) is 0 Å². The highest BCUT2D eigenvalue weighted by Gasteiger charge is 2.45. The van der Waals surface area contributed by atoms with Crippen LogP contribution >= 0.6 is 24.0 Å². The fourth-order valence-corrected chi connectivity index (χ4v) is 3.60. The van der Waals surface area contributed by atoms with Crippen LogP contribution in [0.15, 0.2) is 4.99 Å². The van der Waals surface area contributed by atoms with Gasteiger partial charge in [0.05, 0.1) is 6.61 Å². The molecule has 0 aromatic heterocycles. The SMILES string of the molecule is CCNC(=NCC1CC1(C)C)N1CCC2(CCOC2)C1.I. The molecule has 1 aliphatic carbocycles. The van der Waals surface area contributed by atoms with Crippen LogP contribution in [0.3, 0.4) is 0 Å². The van der Waals surface area contributed by atoms with Crippen LogP contribution in [0.5, 0.6) is 0 Å². The highest BCUT2D eigenvalue weighted by atomic mass is 127. The molecular weight excluding hydrogens is 377 g/mol. The van der Waals surface area contributed by atoms with Gasteiger partial charge < -0.3 is 15.0 Å². The van der Waals surface area contributed by atoms with Crippen molar-refractivity contribution in [2.75, 3.05) is 39.4 Å². The van der Waals surface area contributed by atoms with E-state index in [9.17, 15) is 0 Å². The second-order valence-electron chi connectivity index (χ2n) is 7.56. The molecule has 2 aliphatic heterocycles. The van der Waals surface area contributed by atoms with Crippen LogP contribution in [-0.2, 0) is 4.74 Å². The maximum absolute atomic E-state index is 5.62. The number of aliphatic imine (C=N–C) groups is 1. The van der Waals surface area contributed by atoms with Gasteiger partial charge >= 0.3 is 0 Å². The van der Waals surface area contributed by atoms with E-state index >= 15 is 0 Å². The van der Waals surface area contributed by atoms with Crippen LogP contribution in [0.25, 0.3) is 0 Å². The van der Waals surface area contributed by atoms with Crippen molar-refractivity contribution in [2.45, 2.75) is 40.0 Å². The third-order valence-electron chi connectivity index (χ3n) is 5.44. The highest BCUT2D eigenvalue weighted by molar-refractivity contribution is 14.0. The number of rotatable bonds is 3. The van der Waals surface area contributed by atoms with Gasteiger partial charge in [-0.15, -0.1) is 24.0 Å². The minimum absolute atomic E-state index is 0. The van der Waals surface area contributed by atoms with Crippen molar-refractivity contribution in [3.05, 3.63) is 0 Å². The second kappa shape index (κ2) is 6.60. The van der Waals surface area contributed by atoms with Crippen LogP contribution in [-0.4, -0.2) is 50.3 Å². The van der Waals surface area contributed by atoms with Crippen molar-refractivity contribution in [1.29, 1.82) is 0 Å². The van der Waals surface area contributed by atoms with E-state index in [2.05, 4.69) is 31.0 Å². The number of hydrogen-bond acceptors (Lipinski definition) is 2. The molecule has 2 unspecified atom stereocenters. The van der Waals surface area contributed by atoms with E-state index in [-0.39, 0.29) is 24.0 Å². The van der Waals surface area contributed by atoms with Gasteiger partial charge in [0.15, 0.2) is 5.96 Å². The summed E-state index contributed by atoms with van der Waals surface area (Å²) in [7, 11) is 0. The van der Waals surface area contributed by atoms with E-state index in [0.717, 1.165) is 51.3 Å². The molecule has 1 saturated carbocycles. The molecule has 2 atom stereocenters. The molecule has 4 nitrogen and oxygen atoms in total. The molecule has 21 heavy (non-hydrogen) atoms. The summed E-state index contributed by atoms with van der Waals surface area (Å²) in [5.41, 5.74) is 0.932. The van der Waals surface area contributed by atoms with Crippen molar-refractivity contribution < 1.29 is 4.74 Å². The first-order valence-electron chi connectivity index (χ1n) is 8.16. The van der Waals surface area contributed by atoms with Gasteiger partial charge in [0.25, 0.3) is 0 Å². The molecule has 0 bridgehead atoms. The minimum atomic E-state index is 0. The average molecular weight is 407 g/mol. The minimum Gasteiger partial charge on any atom is -0.381 e. The summed E-state index contributed by atoms with van der Waals surface area (Å²) in [4.78, 5) is 7.35. The Labute approximate surface area is 146 Å². The van der Waals surface area contributed by atoms with E-state index in [1.165, 1.54) is 19.3 Å². The Hall–Kier alpha value is -0.0400. The Morgan fingerprint density at radius 2 is 2.14 bits per heavy atom. The predicted octanol–water partition coefficient (Wildman–Crippen LogP) is 2.73. The van der Waals surface area contributed by atoms with Gasteiger partial charge in [0, 0.05) is 38.2 Å². The van der Waals surface area contributed by atoms with Gasteiger partial charge in [-0.3, -0.25) is 4.99 Å². The third kappa shape index (κ3) is 3.84. The van der Waals surface area contributed by atoms with Crippen LogP contribution in [0, 0.1) is 16.7 Å². The molecule has 2 saturated heterocycles. The second-order valence-corrected chi connectivity index (χ2v) is 7.56. The fraction of sp³-hybridized carbons (Fsp3) is 0.938. The predicted molar refractivity (Wildman–Crippen MR) is 97.3 cm³/mol. The van der Waals surface area contributed by atoms with Crippen LogP contribution in [0.1, 0.15) is 40.0 Å². The topological polar surface area (TPSA) is 36.9 Å². The van der Waals surface area contributed by atoms with Crippen molar-refractivity contribution in [3.8, 4) is 0 Å².